The topological polar surface area (TPSA) is 108 Å². The van der Waals surface area contributed by atoms with Crippen molar-refractivity contribution in [3.63, 3.8) is 0 Å². The zero-order chi connectivity index (χ0) is 22.1. The van der Waals surface area contributed by atoms with Gasteiger partial charge in [-0.3, -0.25) is 9.59 Å². The number of sulfonamides is 1. The highest BCUT2D eigenvalue weighted by atomic mass is 32.2. The van der Waals surface area contributed by atoms with E-state index in [4.69, 9.17) is 0 Å². The van der Waals surface area contributed by atoms with Crippen LogP contribution in [-0.4, -0.2) is 25.4 Å². The van der Waals surface area contributed by atoms with E-state index in [2.05, 4.69) is 15.0 Å². The fourth-order valence-electron chi connectivity index (χ4n) is 3.36. The fraction of sp³-hybridized carbons (Fsp3) is 0.429. The molecule has 3 N–H and O–H groups in total. The first-order valence-corrected chi connectivity index (χ1v) is 10.9. The van der Waals surface area contributed by atoms with Crippen LogP contribution in [0, 0.1) is 41.5 Å². The number of hydrogen-bond acceptors (Lipinski definition) is 4. The standard InChI is InChI=1S/C21H29N3O4S/c1-11-8-12(2)16(6)19(15(11)5)29(27,28)24-17(7)20(25)22-10-18-13(3)9-14(4)23-21(18)26/h8-9,17,24H,10H2,1-7H3,(H,22,25)(H,23,26)/t17-/m0/s1. The lowest BCUT2D eigenvalue weighted by Crippen LogP contribution is -2.45. The summed E-state index contributed by atoms with van der Waals surface area (Å²) in [6.07, 6.45) is 0. The number of aryl methyl sites for hydroxylation is 4. The Balaban J connectivity index is 2.19. The zero-order valence-corrected chi connectivity index (χ0v) is 18.8. The van der Waals surface area contributed by atoms with E-state index in [1.165, 1.54) is 6.92 Å². The number of H-pyrrole nitrogens is 1. The minimum atomic E-state index is -3.89. The molecule has 0 bridgehead atoms. The summed E-state index contributed by atoms with van der Waals surface area (Å²) in [5.74, 6) is -0.507. The van der Waals surface area contributed by atoms with Gasteiger partial charge in [0.05, 0.1) is 10.9 Å². The predicted molar refractivity (Wildman–Crippen MR) is 114 cm³/mol. The lowest BCUT2D eigenvalue weighted by atomic mass is 10.0. The third-order valence-electron chi connectivity index (χ3n) is 5.22. The molecule has 0 aliphatic heterocycles. The van der Waals surface area contributed by atoms with E-state index >= 15 is 0 Å². The van der Waals surface area contributed by atoms with Gasteiger partial charge in [-0.05, 0) is 82.3 Å². The van der Waals surface area contributed by atoms with Crippen LogP contribution < -0.4 is 15.6 Å². The smallest absolute Gasteiger partial charge is 0.253 e. The largest absolute Gasteiger partial charge is 0.350 e. The van der Waals surface area contributed by atoms with Crippen LogP contribution in [0.5, 0.6) is 0 Å². The molecule has 1 amide bonds. The van der Waals surface area contributed by atoms with Crippen molar-refractivity contribution in [2.45, 2.75) is 65.9 Å². The van der Waals surface area contributed by atoms with Crippen molar-refractivity contribution in [2.24, 2.45) is 0 Å². The average molecular weight is 420 g/mol. The van der Waals surface area contributed by atoms with Crippen LogP contribution in [0.3, 0.4) is 0 Å². The van der Waals surface area contributed by atoms with Gasteiger partial charge < -0.3 is 10.3 Å². The Labute approximate surface area is 172 Å². The summed E-state index contributed by atoms with van der Waals surface area (Å²) < 4.78 is 28.4. The molecule has 1 atom stereocenters. The molecule has 0 unspecified atom stereocenters. The molecule has 0 saturated heterocycles. The van der Waals surface area contributed by atoms with Crippen LogP contribution in [0.4, 0.5) is 0 Å². The third kappa shape index (κ3) is 4.94. The van der Waals surface area contributed by atoms with Crippen molar-refractivity contribution in [2.75, 3.05) is 0 Å². The van der Waals surface area contributed by atoms with Crippen LogP contribution in [0.2, 0.25) is 0 Å². The number of carbonyl (C=O) groups is 1. The van der Waals surface area contributed by atoms with E-state index in [9.17, 15) is 18.0 Å². The predicted octanol–water partition coefficient (Wildman–Crippen LogP) is 2.21. The first kappa shape index (κ1) is 22.8. The van der Waals surface area contributed by atoms with Crippen LogP contribution in [0.15, 0.2) is 21.8 Å². The van der Waals surface area contributed by atoms with E-state index in [0.717, 1.165) is 22.4 Å². The molecule has 0 spiro atoms. The lowest BCUT2D eigenvalue weighted by molar-refractivity contribution is -0.122. The number of nitrogens with one attached hydrogen (secondary N) is 3. The van der Waals surface area contributed by atoms with E-state index < -0.39 is 22.0 Å². The molecule has 8 heteroatoms. The Morgan fingerprint density at radius 2 is 1.55 bits per heavy atom. The van der Waals surface area contributed by atoms with Crippen LogP contribution in [0.1, 0.15) is 46.0 Å². The van der Waals surface area contributed by atoms with Gasteiger partial charge in [-0.25, -0.2) is 8.42 Å². The van der Waals surface area contributed by atoms with E-state index in [0.29, 0.717) is 16.7 Å². The molecule has 0 radical (unpaired) electrons. The van der Waals surface area contributed by atoms with Gasteiger partial charge in [0.1, 0.15) is 0 Å². The maximum absolute atomic E-state index is 13.0. The molecule has 1 heterocycles. The monoisotopic (exact) mass is 419 g/mol. The highest BCUT2D eigenvalue weighted by molar-refractivity contribution is 7.89. The second kappa shape index (κ2) is 8.51. The lowest BCUT2D eigenvalue weighted by Gasteiger charge is -2.19. The van der Waals surface area contributed by atoms with Gasteiger partial charge in [0.15, 0.2) is 0 Å². The number of pyridine rings is 1. The molecular formula is C21H29N3O4S. The summed E-state index contributed by atoms with van der Waals surface area (Å²) in [6.45, 7) is 12.3. The van der Waals surface area contributed by atoms with Crippen LogP contribution in [-0.2, 0) is 21.4 Å². The highest BCUT2D eigenvalue weighted by Crippen LogP contribution is 2.26. The average Bonchev–Trinajstić information content (AvgIpc) is 2.58. The molecule has 0 aliphatic carbocycles. The molecule has 7 nitrogen and oxygen atoms in total. The molecule has 0 fully saturated rings. The van der Waals surface area contributed by atoms with Crippen LogP contribution in [0.25, 0.3) is 0 Å². The Bertz CT molecular complexity index is 1090. The summed E-state index contributed by atoms with van der Waals surface area (Å²) in [7, 11) is -3.89. The van der Waals surface area contributed by atoms with Gasteiger partial charge in [0, 0.05) is 17.8 Å². The fourth-order valence-corrected chi connectivity index (χ4v) is 5.18. The number of aromatic nitrogens is 1. The molecule has 0 saturated carbocycles. The molecule has 158 valence electrons. The second-order valence-corrected chi connectivity index (χ2v) is 9.24. The molecule has 2 aromatic rings. The highest BCUT2D eigenvalue weighted by Gasteiger charge is 2.26. The molecule has 1 aromatic carbocycles. The first-order valence-electron chi connectivity index (χ1n) is 9.42. The summed E-state index contributed by atoms with van der Waals surface area (Å²) in [6, 6.07) is 2.77. The summed E-state index contributed by atoms with van der Waals surface area (Å²) in [5.41, 5.74) is 4.76. The molecule has 0 aliphatic rings. The molecule has 29 heavy (non-hydrogen) atoms. The minimum Gasteiger partial charge on any atom is -0.350 e. The maximum Gasteiger partial charge on any atom is 0.253 e. The van der Waals surface area contributed by atoms with Gasteiger partial charge >= 0.3 is 0 Å². The number of amides is 1. The van der Waals surface area contributed by atoms with Gasteiger partial charge in [0.25, 0.3) is 5.56 Å². The number of carbonyl (C=O) groups excluding carboxylic acids is 1. The summed E-state index contributed by atoms with van der Waals surface area (Å²) in [5, 5.41) is 2.64. The van der Waals surface area contributed by atoms with Gasteiger partial charge in [-0.15, -0.1) is 0 Å². The van der Waals surface area contributed by atoms with Crippen molar-refractivity contribution >= 4 is 15.9 Å². The summed E-state index contributed by atoms with van der Waals surface area (Å²) >= 11 is 0. The zero-order valence-electron chi connectivity index (χ0n) is 18.0. The van der Waals surface area contributed by atoms with Crippen molar-refractivity contribution in [3.05, 3.63) is 61.6 Å². The number of aromatic amines is 1. The van der Waals surface area contributed by atoms with E-state index in [1.54, 1.807) is 27.7 Å². The van der Waals surface area contributed by atoms with Gasteiger partial charge in [-0.2, -0.15) is 4.72 Å². The molecular weight excluding hydrogens is 390 g/mol. The number of benzene rings is 1. The maximum atomic E-state index is 13.0. The van der Waals surface area contributed by atoms with Crippen molar-refractivity contribution < 1.29 is 13.2 Å². The van der Waals surface area contributed by atoms with Gasteiger partial charge in [-0.1, -0.05) is 6.07 Å². The van der Waals surface area contributed by atoms with Crippen molar-refractivity contribution in [1.29, 1.82) is 0 Å². The minimum absolute atomic E-state index is 0.0218. The third-order valence-corrected chi connectivity index (χ3v) is 7.04. The Kier molecular flexibility index (Phi) is 6.70. The molecule has 2 rings (SSSR count). The second-order valence-electron chi connectivity index (χ2n) is 7.59. The normalized spacial score (nSPS) is 12.7. The SMILES string of the molecule is Cc1cc(C)c(CNC(=O)[C@H](C)NS(=O)(=O)c2c(C)c(C)cc(C)c2C)c(=O)[nH]1. The van der Waals surface area contributed by atoms with Crippen molar-refractivity contribution in [1.82, 2.24) is 15.0 Å². The summed E-state index contributed by atoms with van der Waals surface area (Å²) in [4.78, 5) is 27.5. The Morgan fingerprint density at radius 1 is 1.00 bits per heavy atom. The quantitative estimate of drug-likeness (QED) is 0.667. The first-order chi connectivity index (χ1) is 13.3. The van der Waals surface area contributed by atoms with Crippen LogP contribution >= 0.6 is 0 Å². The number of hydrogen-bond donors (Lipinski definition) is 3. The van der Waals surface area contributed by atoms with E-state index in [-0.39, 0.29) is 17.0 Å². The molecule has 1 aromatic heterocycles. The van der Waals surface area contributed by atoms with Crippen molar-refractivity contribution in [3.8, 4) is 0 Å². The Morgan fingerprint density at radius 3 is 2.07 bits per heavy atom. The van der Waals surface area contributed by atoms with E-state index in [1.807, 2.05) is 26.0 Å². The number of rotatable bonds is 6. The Hall–Kier alpha value is -2.45. The van der Waals surface area contributed by atoms with Gasteiger partial charge in [0.2, 0.25) is 15.9 Å².